The number of hydrogen-bond donors (Lipinski definition) is 2. The molecule has 0 bridgehead atoms. The topological polar surface area (TPSA) is 68.2 Å². The fourth-order valence-electron chi connectivity index (χ4n) is 4.09. The number of aryl methyl sites for hydroxylation is 2. The van der Waals surface area contributed by atoms with Crippen LogP contribution in [0.25, 0.3) is 0 Å². The maximum Gasteiger partial charge on any atom is 0.315 e. The number of hydrogen-bond acceptors (Lipinski definition) is 3. The van der Waals surface area contributed by atoms with Crippen molar-refractivity contribution in [3.63, 3.8) is 0 Å². The molecule has 2 amide bonds. The minimum absolute atomic E-state index is 0.000831. The molecule has 138 valence electrons. The highest BCUT2D eigenvalue weighted by molar-refractivity contribution is 5.74. The van der Waals surface area contributed by atoms with Crippen LogP contribution < -0.4 is 15.4 Å². The molecule has 26 heavy (non-hydrogen) atoms. The van der Waals surface area contributed by atoms with Crippen LogP contribution in [0.3, 0.4) is 0 Å². The predicted molar refractivity (Wildman–Crippen MR) is 99.4 cm³/mol. The summed E-state index contributed by atoms with van der Waals surface area (Å²) in [5.41, 5.74) is 4.81. The van der Waals surface area contributed by atoms with E-state index < -0.39 is 0 Å². The van der Waals surface area contributed by atoms with Gasteiger partial charge in [0, 0.05) is 24.6 Å². The molecule has 0 fully saturated rings. The van der Waals surface area contributed by atoms with E-state index in [1.807, 2.05) is 36.9 Å². The van der Waals surface area contributed by atoms with Crippen molar-refractivity contribution in [1.29, 1.82) is 0 Å². The number of aromatic nitrogens is 2. The third kappa shape index (κ3) is 3.16. The molecule has 2 unspecified atom stereocenters. The van der Waals surface area contributed by atoms with Crippen LogP contribution in [0.5, 0.6) is 5.75 Å². The number of ether oxygens (including phenoxy) is 1. The third-order valence-electron chi connectivity index (χ3n) is 5.56. The number of nitrogens with one attached hydrogen (secondary N) is 2. The zero-order valence-corrected chi connectivity index (χ0v) is 15.4. The summed E-state index contributed by atoms with van der Waals surface area (Å²) in [7, 11) is 1.96. The monoisotopic (exact) mass is 354 g/mol. The molecule has 2 atom stereocenters. The van der Waals surface area contributed by atoms with Gasteiger partial charge in [0.25, 0.3) is 0 Å². The Hall–Kier alpha value is -2.50. The fourth-order valence-corrected chi connectivity index (χ4v) is 4.09. The highest BCUT2D eigenvalue weighted by Crippen LogP contribution is 2.35. The van der Waals surface area contributed by atoms with Crippen molar-refractivity contribution in [2.24, 2.45) is 7.05 Å². The Kier molecular flexibility index (Phi) is 4.57. The summed E-state index contributed by atoms with van der Waals surface area (Å²) in [5, 5.41) is 10.7. The molecule has 4 rings (SSSR count). The first-order valence-corrected chi connectivity index (χ1v) is 9.43. The van der Waals surface area contributed by atoms with Crippen molar-refractivity contribution in [2.75, 3.05) is 6.61 Å². The van der Waals surface area contributed by atoms with Gasteiger partial charge in [-0.2, -0.15) is 5.10 Å². The van der Waals surface area contributed by atoms with E-state index in [0.717, 1.165) is 24.3 Å². The molecular formula is C20H26N4O2. The quantitative estimate of drug-likeness (QED) is 0.887. The fraction of sp³-hybridized carbons (Fsp3) is 0.500. The summed E-state index contributed by atoms with van der Waals surface area (Å²) in [4.78, 5) is 12.4. The molecule has 0 saturated heterocycles. The molecule has 1 aromatic heterocycles. The van der Waals surface area contributed by atoms with E-state index in [9.17, 15) is 4.79 Å². The van der Waals surface area contributed by atoms with E-state index in [1.165, 1.54) is 29.7 Å². The predicted octanol–water partition coefficient (Wildman–Crippen LogP) is 2.66. The van der Waals surface area contributed by atoms with Crippen LogP contribution in [-0.2, 0) is 26.4 Å². The van der Waals surface area contributed by atoms with Gasteiger partial charge >= 0.3 is 6.03 Å². The minimum Gasteiger partial charge on any atom is -0.493 e. The zero-order chi connectivity index (χ0) is 18.1. The number of benzene rings is 1. The molecule has 1 aliphatic carbocycles. The Morgan fingerprint density at radius 2 is 2.15 bits per heavy atom. The summed E-state index contributed by atoms with van der Waals surface area (Å²) in [6.07, 6.45) is 4.53. The van der Waals surface area contributed by atoms with Crippen molar-refractivity contribution in [3.05, 3.63) is 46.8 Å². The lowest BCUT2D eigenvalue weighted by Crippen LogP contribution is -2.43. The van der Waals surface area contributed by atoms with Crippen molar-refractivity contribution in [1.82, 2.24) is 20.4 Å². The molecule has 2 aromatic rings. The Morgan fingerprint density at radius 1 is 1.35 bits per heavy atom. The number of rotatable bonds is 4. The average molecular weight is 354 g/mol. The minimum atomic E-state index is -0.146. The Bertz CT molecular complexity index is 814. The second kappa shape index (κ2) is 7.02. The second-order valence-corrected chi connectivity index (χ2v) is 7.27. The van der Waals surface area contributed by atoms with Gasteiger partial charge in [-0.3, -0.25) is 4.68 Å². The number of amides is 2. The molecule has 0 saturated carbocycles. The molecule has 2 aliphatic rings. The molecular weight excluding hydrogens is 328 g/mol. The number of para-hydroxylation sites is 1. The van der Waals surface area contributed by atoms with E-state index in [-0.39, 0.29) is 18.0 Å². The molecule has 2 N–H and O–H groups in total. The molecule has 0 spiro atoms. The van der Waals surface area contributed by atoms with Gasteiger partial charge in [0.2, 0.25) is 0 Å². The van der Waals surface area contributed by atoms with Crippen LogP contribution in [-0.4, -0.2) is 28.5 Å². The standard InChI is InChI=1S/C20H26N4O2/c1-13(16-12-26-19-10-6-4-7-14(16)19)22-20(25)21-11-18-15-8-3-5-9-17(15)23-24(18)2/h4,6-7,10,13,16H,3,5,8-9,11-12H2,1-2H3,(H2,21,22,25). The summed E-state index contributed by atoms with van der Waals surface area (Å²) in [6, 6.07) is 7.89. The largest absolute Gasteiger partial charge is 0.493 e. The first kappa shape index (κ1) is 16.9. The van der Waals surface area contributed by atoms with Gasteiger partial charge in [0.15, 0.2) is 0 Å². The third-order valence-corrected chi connectivity index (χ3v) is 5.56. The van der Waals surface area contributed by atoms with Crippen LogP contribution in [0.2, 0.25) is 0 Å². The van der Waals surface area contributed by atoms with Gasteiger partial charge in [0.05, 0.1) is 24.5 Å². The number of urea groups is 1. The second-order valence-electron chi connectivity index (χ2n) is 7.27. The molecule has 1 aromatic carbocycles. The summed E-state index contributed by atoms with van der Waals surface area (Å²) in [6.45, 7) is 3.15. The first-order chi connectivity index (χ1) is 12.6. The lowest BCUT2D eigenvalue weighted by atomic mass is 9.94. The van der Waals surface area contributed by atoms with Gasteiger partial charge < -0.3 is 15.4 Å². The molecule has 1 aliphatic heterocycles. The van der Waals surface area contributed by atoms with Crippen LogP contribution in [0.1, 0.15) is 48.2 Å². The Morgan fingerprint density at radius 3 is 3.04 bits per heavy atom. The van der Waals surface area contributed by atoms with Crippen LogP contribution in [0.15, 0.2) is 24.3 Å². The van der Waals surface area contributed by atoms with Crippen molar-refractivity contribution >= 4 is 6.03 Å². The van der Waals surface area contributed by atoms with E-state index >= 15 is 0 Å². The molecule has 2 heterocycles. The van der Waals surface area contributed by atoms with E-state index in [0.29, 0.717) is 13.2 Å². The summed E-state index contributed by atoms with van der Waals surface area (Å²) >= 11 is 0. The van der Waals surface area contributed by atoms with E-state index in [1.54, 1.807) is 0 Å². The van der Waals surface area contributed by atoms with Gasteiger partial charge in [0.1, 0.15) is 5.75 Å². The van der Waals surface area contributed by atoms with Crippen molar-refractivity contribution in [3.8, 4) is 5.75 Å². The first-order valence-electron chi connectivity index (χ1n) is 9.43. The SMILES string of the molecule is CC(NC(=O)NCc1c2c(nn1C)CCCC2)C1COc2ccccc21. The van der Waals surface area contributed by atoms with E-state index in [2.05, 4.69) is 21.8 Å². The normalized spacial score (nSPS) is 19.2. The lowest BCUT2D eigenvalue weighted by Gasteiger charge is -2.20. The zero-order valence-electron chi connectivity index (χ0n) is 15.4. The number of carbonyl (C=O) groups excluding carboxylic acids is 1. The van der Waals surface area contributed by atoms with Gasteiger partial charge in [-0.15, -0.1) is 0 Å². The van der Waals surface area contributed by atoms with Gasteiger partial charge in [-0.05, 0) is 44.2 Å². The van der Waals surface area contributed by atoms with Crippen molar-refractivity contribution < 1.29 is 9.53 Å². The maximum atomic E-state index is 12.4. The molecule has 0 radical (unpaired) electrons. The Balaban J connectivity index is 1.36. The summed E-state index contributed by atoms with van der Waals surface area (Å²) < 4.78 is 7.64. The van der Waals surface area contributed by atoms with Crippen LogP contribution in [0.4, 0.5) is 4.79 Å². The maximum absolute atomic E-state index is 12.4. The highest BCUT2D eigenvalue weighted by Gasteiger charge is 2.29. The highest BCUT2D eigenvalue weighted by atomic mass is 16.5. The number of carbonyl (C=O) groups is 1. The number of nitrogens with zero attached hydrogens (tertiary/aromatic N) is 2. The summed E-state index contributed by atoms with van der Waals surface area (Å²) in [5.74, 6) is 1.11. The smallest absolute Gasteiger partial charge is 0.315 e. The van der Waals surface area contributed by atoms with Crippen LogP contribution >= 0.6 is 0 Å². The van der Waals surface area contributed by atoms with Crippen molar-refractivity contribution in [2.45, 2.75) is 51.1 Å². The Labute approximate surface area is 153 Å². The molecule has 6 nitrogen and oxygen atoms in total. The van der Waals surface area contributed by atoms with Gasteiger partial charge in [-0.1, -0.05) is 18.2 Å². The molecule has 6 heteroatoms. The van der Waals surface area contributed by atoms with E-state index in [4.69, 9.17) is 4.74 Å². The number of fused-ring (bicyclic) bond motifs is 2. The van der Waals surface area contributed by atoms with Gasteiger partial charge in [-0.25, -0.2) is 4.79 Å². The van der Waals surface area contributed by atoms with Crippen LogP contribution in [0, 0.1) is 0 Å². The lowest BCUT2D eigenvalue weighted by molar-refractivity contribution is 0.232. The average Bonchev–Trinajstić information content (AvgIpc) is 3.20.